The minimum absolute atomic E-state index is 0.197. The average Bonchev–Trinajstić information content (AvgIpc) is 2.34. The van der Waals surface area contributed by atoms with E-state index in [0.29, 0.717) is 6.04 Å². The predicted molar refractivity (Wildman–Crippen MR) is 76.1 cm³/mol. The van der Waals surface area contributed by atoms with E-state index in [1.54, 1.807) is 0 Å². The molecule has 18 heavy (non-hydrogen) atoms. The summed E-state index contributed by atoms with van der Waals surface area (Å²) in [5, 5.41) is 3.47. The molecule has 1 atom stereocenters. The molecule has 1 aromatic carbocycles. The van der Waals surface area contributed by atoms with Crippen LogP contribution >= 0.6 is 15.9 Å². The summed E-state index contributed by atoms with van der Waals surface area (Å²) in [5.41, 5.74) is 1.11. The molecular weight excluding hydrogens is 295 g/mol. The van der Waals surface area contributed by atoms with Crippen LogP contribution in [0.5, 0.6) is 0 Å². The molecule has 1 aromatic rings. The average molecular weight is 315 g/mol. The maximum absolute atomic E-state index is 13.0. The van der Waals surface area contributed by atoms with Crippen molar-refractivity contribution in [1.82, 2.24) is 10.2 Å². The van der Waals surface area contributed by atoms with Gasteiger partial charge in [-0.3, -0.25) is 0 Å². The lowest BCUT2D eigenvalue weighted by Crippen LogP contribution is -2.42. The van der Waals surface area contributed by atoms with Crippen molar-refractivity contribution in [2.45, 2.75) is 31.8 Å². The van der Waals surface area contributed by atoms with Gasteiger partial charge in [0.05, 0.1) is 0 Å². The molecule has 0 aliphatic carbocycles. The maximum atomic E-state index is 13.0. The van der Waals surface area contributed by atoms with Gasteiger partial charge in [0.1, 0.15) is 5.82 Å². The third-order valence-corrected chi connectivity index (χ3v) is 4.37. The molecule has 1 aliphatic rings. The van der Waals surface area contributed by atoms with E-state index >= 15 is 0 Å². The topological polar surface area (TPSA) is 15.3 Å². The Labute approximate surface area is 117 Å². The highest BCUT2D eigenvalue weighted by Gasteiger charge is 2.18. The third kappa shape index (κ3) is 3.77. The second kappa shape index (κ2) is 6.64. The number of likely N-dealkylation sites (N-methyl/N-ethyl adjacent to an activating group) is 1. The van der Waals surface area contributed by atoms with Gasteiger partial charge in [0.25, 0.3) is 0 Å². The second-order valence-electron chi connectivity index (χ2n) is 5.00. The van der Waals surface area contributed by atoms with Crippen LogP contribution in [0.25, 0.3) is 0 Å². The monoisotopic (exact) mass is 314 g/mol. The number of hydrogen-bond acceptors (Lipinski definition) is 2. The lowest BCUT2D eigenvalue weighted by atomic mass is 10.0. The van der Waals surface area contributed by atoms with Crippen LogP contribution in [-0.4, -0.2) is 31.1 Å². The second-order valence-corrected chi connectivity index (χ2v) is 5.85. The van der Waals surface area contributed by atoms with Crippen molar-refractivity contribution < 1.29 is 4.39 Å². The first-order valence-electron chi connectivity index (χ1n) is 6.51. The summed E-state index contributed by atoms with van der Waals surface area (Å²) in [6.07, 6.45) is 3.92. The number of likely N-dealkylation sites (tertiary alicyclic amines) is 1. The van der Waals surface area contributed by atoms with Crippen LogP contribution in [0.1, 0.15) is 24.8 Å². The molecule has 1 saturated heterocycles. The van der Waals surface area contributed by atoms with Crippen molar-refractivity contribution in [3.8, 4) is 0 Å². The minimum atomic E-state index is -0.197. The van der Waals surface area contributed by atoms with Gasteiger partial charge in [0, 0.05) is 23.6 Å². The van der Waals surface area contributed by atoms with E-state index in [4.69, 9.17) is 0 Å². The number of halogens is 2. The van der Waals surface area contributed by atoms with Gasteiger partial charge in [-0.25, -0.2) is 4.39 Å². The minimum Gasteiger partial charge on any atom is -0.311 e. The molecule has 1 heterocycles. The van der Waals surface area contributed by atoms with Crippen molar-refractivity contribution >= 4 is 15.9 Å². The fourth-order valence-corrected chi connectivity index (χ4v) is 2.93. The first-order valence-corrected chi connectivity index (χ1v) is 7.31. The van der Waals surface area contributed by atoms with Crippen LogP contribution in [0.15, 0.2) is 22.7 Å². The first-order chi connectivity index (χ1) is 8.66. The SMILES string of the molecule is CN1CCCCC1CNCc1ccc(F)cc1Br. The van der Waals surface area contributed by atoms with E-state index in [-0.39, 0.29) is 5.82 Å². The zero-order valence-corrected chi connectivity index (χ0v) is 12.3. The van der Waals surface area contributed by atoms with Gasteiger partial charge in [-0.1, -0.05) is 28.4 Å². The maximum Gasteiger partial charge on any atom is 0.124 e. The van der Waals surface area contributed by atoms with E-state index in [2.05, 4.69) is 33.2 Å². The molecule has 100 valence electrons. The van der Waals surface area contributed by atoms with E-state index in [1.165, 1.54) is 37.9 Å². The Hall–Kier alpha value is -0.450. The van der Waals surface area contributed by atoms with E-state index in [9.17, 15) is 4.39 Å². The molecule has 0 aromatic heterocycles. The van der Waals surface area contributed by atoms with Crippen molar-refractivity contribution in [3.05, 3.63) is 34.1 Å². The molecule has 4 heteroatoms. The Morgan fingerprint density at radius 1 is 1.44 bits per heavy atom. The molecule has 1 N–H and O–H groups in total. The number of benzene rings is 1. The normalized spacial score (nSPS) is 21.2. The zero-order chi connectivity index (χ0) is 13.0. The first kappa shape index (κ1) is 14.0. The summed E-state index contributed by atoms with van der Waals surface area (Å²) in [7, 11) is 2.19. The van der Waals surface area contributed by atoms with Gasteiger partial charge in [-0.05, 0) is 44.1 Å². The molecule has 0 amide bonds. The standard InChI is InChI=1S/C14H20BrFN2/c1-18-7-3-2-4-13(18)10-17-9-11-5-6-12(16)8-14(11)15/h5-6,8,13,17H,2-4,7,9-10H2,1H3. The van der Waals surface area contributed by atoms with Gasteiger partial charge >= 0.3 is 0 Å². The highest BCUT2D eigenvalue weighted by Crippen LogP contribution is 2.18. The summed E-state index contributed by atoms with van der Waals surface area (Å²) >= 11 is 3.39. The van der Waals surface area contributed by atoms with Gasteiger partial charge in [-0.2, -0.15) is 0 Å². The Morgan fingerprint density at radius 2 is 2.28 bits per heavy atom. The highest BCUT2D eigenvalue weighted by molar-refractivity contribution is 9.10. The van der Waals surface area contributed by atoms with Crippen molar-refractivity contribution in [3.63, 3.8) is 0 Å². The predicted octanol–water partition coefficient (Wildman–Crippen LogP) is 3.16. The number of hydrogen-bond donors (Lipinski definition) is 1. The molecule has 0 radical (unpaired) electrons. The largest absolute Gasteiger partial charge is 0.311 e. The fraction of sp³-hybridized carbons (Fsp3) is 0.571. The molecule has 0 spiro atoms. The summed E-state index contributed by atoms with van der Waals surface area (Å²) in [6.45, 7) is 2.98. The summed E-state index contributed by atoms with van der Waals surface area (Å²) in [6, 6.07) is 5.49. The van der Waals surface area contributed by atoms with Crippen molar-refractivity contribution in [2.75, 3.05) is 20.1 Å². The molecule has 1 aliphatic heterocycles. The van der Waals surface area contributed by atoms with Gasteiger partial charge in [0.15, 0.2) is 0 Å². The molecular formula is C14H20BrFN2. The lowest BCUT2D eigenvalue weighted by Gasteiger charge is -2.32. The Morgan fingerprint density at radius 3 is 3.00 bits per heavy atom. The van der Waals surface area contributed by atoms with Crippen LogP contribution in [0.4, 0.5) is 4.39 Å². The van der Waals surface area contributed by atoms with Crippen LogP contribution < -0.4 is 5.32 Å². The fourth-order valence-electron chi connectivity index (χ4n) is 2.44. The molecule has 2 nitrogen and oxygen atoms in total. The Balaban J connectivity index is 1.81. The third-order valence-electron chi connectivity index (χ3n) is 3.63. The highest BCUT2D eigenvalue weighted by atomic mass is 79.9. The number of nitrogens with zero attached hydrogens (tertiary/aromatic N) is 1. The lowest BCUT2D eigenvalue weighted by molar-refractivity contribution is 0.181. The van der Waals surface area contributed by atoms with Crippen LogP contribution in [0.3, 0.4) is 0 Å². The zero-order valence-electron chi connectivity index (χ0n) is 10.8. The summed E-state index contributed by atoms with van der Waals surface area (Å²) < 4.78 is 13.8. The Bertz CT molecular complexity index is 397. The summed E-state index contributed by atoms with van der Waals surface area (Å²) in [5.74, 6) is -0.197. The quantitative estimate of drug-likeness (QED) is 0.918. The van der Waals surface area contributed by atoms with Crippen molar-refractivity contribution in [1.29, 1.82) is 0 Å². The molecule has 1 fully saturated rings. The number of nitrogens with one attached hydrogen (secondary N) is 1. The summed E-state index contributed by atoms with van der Waals surface area (Å²) in [4.78, 5) is 2.43. The van der Waals surface area contributed by atoms with E-state index < -0.39 is 0 Å². The smallest absolute Gasteiger partial charge is 0.124 e. The molecule has 0 bridgehead atoms. The van der Waals surface area contributed by atoms with Crippen LogP contribution in [0.2, 0.25) is 0 Å². The van der Waals surface area contributed by atoms with E-state index in [0.717, 1.165) is 23.1 Å². The Kier molecular flexibility index (Phi) is 5.15. The molecule has 2 rings (SSSR count). The van der Waals surface area contributed by atoms with E-state index in [1.807, 2.05) is 6.07 Å². The molecule has 1 unspecified atom stereocenters. The van der Waals surface area contributed by atoms with Crippen LogP contribution in [-0.2, 0) is 6.54 Å². The molecule has 0 saturated carbocycles. The van der Waals surface area contributed by atoms with Gasteiger partial charge in [0.2, 0.25) is 0 Å². The number of piperidine rings is 1. The van der Waals surface area contributed by atoms with Gasteiger partial charge < -0.3 is 10.2 Å². The van der Waals surface area contributed by atoms with Crippen molar-refractivity contribution in [2.24, 2.45) is 0 Å². The van der Waals surface area contributed by atoms with Gasteiger partial charge in [-0.15, -0.1) is 0 Å². The van der Waals surface area contributed by atoms with Crippen LogP contribution in [0, 0.1) is 5.82 Å². The number of rotatable bonds is 4.